The molecule has 1 aromatic carbocycles. The van der Waals surface area contributed by atoms with Gasteiger partial charge in [-0.1, -0.05) is 32.9 Å². The van der Waals surface area contributed by atoms with Crippen molar-refractivity contribution in [2.45, 2.75) is 39.2 Å². The van der Waals surface area contributed by atoms with Crippen LogP contribution in [0.3, 0.4) is 0 Å². The topological polar surface area (TPSA) is 101 Å². The third-order valence-corrected chi connectivity index (χ3v) is 5.08. The Hall–Kier alpha value is -2.67. The van der Waals surface area contributed by atoms with Crippen LogP contribution in [0.1, 0.15) is 48.9 Å². The van der Waals surface area contributed by atoms with Gasteiger partial charge in [0.1, 0.15) is 23.7 Å². The van der Waals surface area contributed by atoms with Crippen molar-refractivity contribution in [1.82, 2.24) is 14.9 Å². The van der Waals surface area contributed by atoms with E-state index in [0.29, 0.717) is 37.1 Å². The van der Waals surface area contributed by atoms with E-state index in [9.17, 15) is 9.59 Å². The first-order valence-corrected chi connectivity index (χ1v) is 9.59. The van der Waals surface area contributed by atoms with Crippen LogP contribution >= 0.6 is 0 Å². The number of rotatable bonds is 5. The Labute approximate surface area is 164 Å². The number of benzene rings is 1. The van der Waals surface area contributed by atoms with Crippen LogP contribution in [0.25, 0.3) is 0 Å². The lowest BCUT2D eigenvalue weighted by Gasteiger charge is -2.19. The summed E-state index contributed by atoms with van der Waals surface area (Å²) in [6, 6.07) is 7.85. The Bertz CT molecular complexity index is 884. The standard InChI is InChI=1S/C21H28N4O3/c1-21(2,3)15-4-6-16(7-5-15)28-13-18-23-11-17(19(26)24-18)20(27)25-9-8-14(10-22)12-25/h4-7,11,14H,8-10,12-13,22H2,1-3H3,(H,23,24,26)/t14-/m0/s1. The number of aromatic nitrogens is 2. The highest BCUT2D eigenvalue weighted by atomic mass is 16.5. The van der Waals surface area contributed by atoms with E-state index in [1.807, 2.05) is 24.3 Å². The Morgan fingerprint density at radius 3 is 2.61 bits per heavy atom. The Morgan fingerprint density at radius 2 is 2.04 bits per heavy atom. The highest BCUT2D eigenvalue weighted by molar-refractivity contribution is 5.93. The zero-order valence-corrected chi connectivity index (χ0v) is 16.7. The molecular weight excluding hydrogens is 356 g/mol. The third kappa shape index (κ3) is 4.59. The molecule has 150 valence electrons. The van der Waals surface area contributed by atoms with Crippen LogP contribution in [0.2, 0.25) is 0 Å². The summed E-state index contributed by atoms with van der Waals surface area (Å²) in [5.74, 6) is 1.08. The van der Waals surface area contributed by atoms with Gasteiger partial charge in [-0.2, -0.15) is 0 Å². The second-order valence-electron chi connectivity index (χ2n) is 8.28. The number of hydrogen-bond donors (Lipinski definition) is 2. The molecule has 7 heteroatoms. The summed E-state index contributed by atoms with van der Waals surface area (Å²) in [5.41, 5.74) is 6.56. The molecule has 0 spiro atoms. The predicted octanol–water partition coefficient (Wildman–Crippen LogP) is 2.07. The summed E-state index contributed by atoms with van der Waals surface area (Å²) in [7, 11) is 0. The largest absolute Gasteiger partial charge is 0.486 e. The van der Waals surface area contributed by atoms with Crippen LogP contribution < -0.4 is 16.0 Å². The number of likely N-dealkylation sites (tertiary alicyclic amines) is 1. The smallest absolute Gasteiger partial charge is 0.263 e. The maximum Gasteiger partial charge on any atom is 0.263 e. The van der Waals surface area contributed by atoms with Crippen molar-refractivity contribution in [1.29, 1.82) is 0 Å². The summed E-state index contributed by atoms with van der Waals surface area (Å²) >= 11 is 0. The van der Waals surface area contributed by atoms with Crippen LogP contribution in [0.5, 0.6) is 5.75 Å². The molecule has 7 nitrogen and oxygen atoms in total. The molecule has 0 unspecified atom stereocenters. The fourth-order valence-electron chi connectivity index (χ4n) is 3.24. The summed E-state index contributed by atoms with van der Waals surface area (Å²) < 4.78 is 5.70. The van der Waals surface area contributed by atoms with E-state index in [2.05, 4.69) is 30.7 Å². The van der Waals surface area contributed by atoms with Gasteiger partial charge in [0, 0.05) is 19.3 Å². The maximum atomic E-state index is 12.5. The number of hydrogen-bond acceptors (Lipinski definition) is 5. The van der Waals surface area contributed by atoms with Crippen molar-refractivity contribution >= 4 is 5.91 Å². The molecule has 1 aliphatic heterocycles. The number of amides is 1. The predicted molar refractivity (Wildman–Crippen MR) is 107 cm³/mol. The maximum absolute atomic E-state index is 12.5. The van der Waals surface area contributed by atoms with Crippen LogP contribution in [0.4, 0.5) is 0 Å². The number of aromatic amines is 1. The lowest BCUT2D eigenvalue weighted by molar-refractivity contribution is 0.0785. The number of nitrogens with zero attached hydrogens (tertiary/aromatic N) is 2. The molecular formula is C21H28N4O3. The minimum absolute atomic E-state index is 0.0518. The highest BCUT2D eigenvalue weighted by Crippen LogP contribution is 2.24. The molecule has 0 radical (unpaired) electrons. The molecule has 0 aliphatic carbocycles. The lowest BCUT2D eigenvalue weighted by Crippen LogP contribution is -2.34. The number of nitrogens with two attached hydrogens (primary N) is 1. The van der Waals surface area contributed by atoms with E-state index in [1.54, 1.807) is 4.90 Å². The van der Waals surface area contributed by atoms with Crippen LogP contribution in [-0.4, -0.2) is 40.4 Å². The van der Waals surface area contributed by atoms with Gasteiger partial charge in [0.15, 0.2) is 0 Å². The Kier molecular flexibility index (Phi) is 5.84. The molecule has 3 rings (SSSR count). The lowest BCUT2D eigenvalue weighted by atomic mass is 9.87. The number of carbonyl (C=O) groups excluding carboxylic acids is 1. The number of nitrogens with one attached hydrogen (secondary N) is 1. The quantitative estimate of drug-likeness (QED) is 0.822. The second kappa shape index (κ2) is 8.14. The van der Waals surface area contributed by atoms with Gasteiger partial charge in [0.05, 0.1) is 0 Å². The highest BCUT2D eigenvalue weighted by Gasteiger charge is 2.27. The fourth-order valence-corrected chi connectivity index (χ4v) is 3.24. The van der Waals surface area contributed by atoms with Gasteiger partial charge < -0.3 is 20.4 Å². The molecule has 2 aromatic rings. The van der Waals surface area contributed by atoms with Gasteiger partial charge in [-0.15, -0.1) is 0 Å². The van der Waals surface area contributed by atoms with Crippen molar-refractivity contribution in [3.05, 3.63) is 57.8 Å². The summed E-state index contributed by atoms with van der Waals surface area (Å²) in [5, 5.41) is 0. The Balaban J connectivity index is 1.63. The van der Waals surface area contributed by atoms with Crippen LogP contribution in [0.15, 0.2) is 35.3 Å². The van der Waals surface area contributed by atoms with Crippen LogP contribution in [0, 0.1) is 5.92 Å². The number of H-pyrrole nitrogens is 1. The molecule has 3 N–H and O–H groups in total. The van der Waals surface area contributed by atoms with Crippen LogP contribution in [-0.2, 0) is 12.0 Å². The first-order valence-electron chi connectivity index (χ1n) is 9.59. The molecule has 1 saturated heterocycles. The molecule has 0 saturated carbocycles. The molecule has 1 aromatic heterocycles. The van der Waals surface area contributed by atoms with E-state index in [-0.39, 0.29) is 23.5 Å². The van der Waals surface area contributed by atoms with Gasteiger partial charge in [0.25, 0.3) is 11.5 Å². The molecule has 2 heterocycles. The first kappa shape index (κ1) is 20.1. The number of ether oxygens (including phenoxy) is 1. The van der Waals surface area contributed by atoms with Crippen molar-refractivity contribution in [3.63, 3.8) is 0 Å². The van der Waals surface area contributed by atoms with Gasteiger partial charge in [-0.25, -0.2) is 4.98 Å². The Morgan fingerprint density at radius 1 is 1.32 bits per heavy atom. The zero-order chi connectivity index (χ0) is 20.3. The van der Waals surface area contributed by atoms with E-state index < -0.39 is 5.56 Å². The van der Waals surface area contributed by atoms with Gasteiger partial charge in [0.2, 0.25) is 0 Å². The van der Waals surface area contributed by atoms with Crippen molar-refractivity contribution in [3.8, 4) is 5.75 Å². The molecule has 1 fully saturated rings. The third-order valence-electron chi connectivity index (χ3n) is 5.08. The molecule has 0 bridgehead atoms. The monoisotopic (exact) mass is 384 g/mol. The average molecular weight is 384 g/mol. The zero-order valence-electron chi connectivity index (χ0n) is 16.7. The second-order valence-corrected chi connectivity index (χ2v) is 8.28. The van der Waals surface area contributed by atoms with E-state index >= 15 is 0 Å². The summed E-state index contributed by atoms with van der Waals surface area (Å²) in [6.07, 6.45) is 2.20. The van der Waals surface area contributed by atoms with Crippen molar-refractivity contribution in [2.75, 3.05) is 19.6 Å². The van der Waals surface area contributed by atoms with Gasteiger partial charge >= 0.3 is 0 Å². The van der Waals surface area contributed by atoms with Gasteiger partial charge in [-0.3, -0.25) is 9.59 Å². The normalized spacial score (nSPS) is 17.0. The average Bonchev–Trinajstić information content (AvgIpc) is 3.15. The minimum atomic E-state index is -0.446. The molecule has 1 aliphatic rings. The number of carbonyl (C=O) groups is 1. The minimum Gasteiger partial charge on any atom is -0.486 e. The van der Waals surface area contributed by atoms with Crippen molar-refractivity contribution in [2.24, 2.45) is 11.7 Å². The molecule has 1 amide bonds. The SMILES string of the molecule is CC(C)(C)c1ccc(OCc2ncc(C(=O)N3CC[C@@H](CN)C3)c(=O)[nH]2)cc1. The fraction of sp³-hybridized carbons (Fsp3) is 0.476. The molecule has 1 atom stereocenters. The summed E-state index contributed by atoms with van der Waals surface area (Å²) in [6.45, 7) is 8.33. The summed E-state index contributed by atoms with van der Waals surface area (Å²) in [4.78, 5) is 33.4. The van der Waals surface area contributed by atoms with Crippen molar-refractivity contribution < 1.29 is 9.53 Å². The van der Waals surface area contributed by atoms with E-state index in [4.69, 9.17) is 10.5 Å². The van der Waals surface area contributed by atoms with E-state index in [0.717, 1.165) is 6.42 Å². The van der Waals surface area contributed by atoms with Gasteiger partial charge in [-0.05, 0) is 42.0 Å². The molecule has 28 heavy (non-hydrogen) atoms. The first-order chi connectivity index (χ1) is 13.3. The van der Waals surface area contributed by atoms with E-state index in [1.165, 1.54) is 11.8 Å².